The molecule has 5 heteroatoms. The lowest BCUT2D eigenvalue weighted by Gasteiger charge is -2.12. The van der Waals surface area contributed by atoms with Gasteiger partial charge < -0.3 is 10.1 Å². The van der Waals surface area contributed by atoms with Crippen LogP contribution in [0.25, 0.3) is 0 Å². The van der Waals surface area contributed by atoms with Gasteiger partial charge >= 0.3 is 0 Å². The molecule has 1 N–H and O–H groups in total. The monoisotopic (exact) mass is 293 g/mol. The maximum atomic E-state index is 13.1. The van der Waals surface area contributed by atoms with Gasteiger partial charge in [0.05, 0.1) is 12.8 Å². The van der Waals surface area contributed by atoms with Gasteiger partial charge in [-0.15, -0.1) is 0 Å². The van der Waals surface area contributed by atoms with E-state index in [-0.39, 0.29) is 5.56 Å². The second-order valence-electron chi connectivity index (χ2n) is 4.27. The number of carbonyl (C=O) groups excluding carboxylic acids is 1. The average Bonchev–Trinajstić information content (AvgIpc) is 2.42. The van der Waals surface area contributed by atoms with Crippen LogP contribution in [0.4, 0.5) is 10.1 Å². The lowest BCUT2D eigenvalue weighted by Crippen LogP contribution is -2.13. The number of rotatable bonds is 3. The Morgan fingerprint density at radius 1 is 1.30 bits per heavy atom. The Hall–Kier alpha value is -2.07. The number of benzene rings is 2. The molecule has 20 heavy (non-hydrogen) atoms. The summed E-state index contributed by atoms with van der Waals surface area (Å²) in [5.41, 5.74) is 1.53. The Morgan fingerprint density at radius 2 is 2.05 bits per heavy atom. The van der Waals surface area contributed by atoms with Crippen LogP contribution in [-0.4, -0.2) is 13.0 Å². The maximum Gasteiger partial charge on any atom is 0.255 e. The Balaban J connectivity index is 2.30. The van der Waals surface area contributed by atoms with Gasteiger partial charge in [-0.1, -0.05) is 17.7 Å². The molecule has 0 aliphatic heterocycles. The number of halogens is 2. The maximum absolute atomic E-state index is 13.1. The minimum Gasteiger partial charge on any atom is -0.495 e. The molecule has 0 aliphatic rings. The Labute approximate surface area is 121 Å². The van der Waals surface area contributed by atoms with E-state index in [2.05, 4.69) is 5.32 Å². The summed E-state index contributed by atoms with van der Waals surface area (Å²) in [6.45, 7) is 1.82. The summed E-state index contributed by atoms with van der Waals surface area (Å²) in [6, 6.07) is 8.80. The van der Waals surface area contributed by atoms with E-state index in [1.54, 1.807) is 12.1 Å². The van der Waals surface area contributed by atoms with Crippen LogP contribution in [0.1, 0.15) is 15.9 Å². The fourth-order valence-electron chi connectivity index (χ4n) is 1.75. The SMILES string of the molecule is COc1cc(Cl)c(C)cc1NC(=O)c1cccc(F)c1. The van der Waals surface area contributed by atoms with Gasteiger partial charge in [-0.3, -0.25) is 4.79 Å². The molecule has 3 nitrogen and oxygen atoms in total. The van der Waals surface area contributed by atoms with Crippen molar-refractivity contribution >= 4 is 23.2 Å². The third-order valence-corrected chi connectivity index (χ3v) is 3.22. The zero-order valence-corrected chi connectivity index (χ0v) is 11.8. The van der Waals surface area contributed by atoms with Crippen molar-refractivity contribution in [2.75, 3.05) is 12.4 Å². The quantitative estimate of drug-likeness (QED) is 0.927. The number of methoxy groups -OCH3 is 1. The van der Waals surface area contributed by atoms with E-state index >= 15 is 0 Å². The summed E-state index contributed by atoms with van der Waals surface area (Å²) in [6.07, 6.45) is 0. The molecule has 0 fully saturated rings. The van der Waals surface area contributed by atoms with E-state index in [0.29, 0.717) is 16.5 Å². The highest BCUT2D eigenvalue weighted by Crippen LogP contribution is 2.31. The molecule has 0 atom stereocenters. The van der Waals surface area contributed by atoms with E-state index in [4.69, 9.17) is 16.3 Å². The van der Waals surface area contributed by atoms with E-state index in [0.717, 1.165) is 5.56 Å². The summed E-state index contributed by atoms with van der Waals surface area (Å²) in [7, 11) is 1.48. The van der Waals surface area contributed by atoms with Crippen molar-refractivity contribution in [2.45, 2.75) is 6.92 Å². The number of nitrogens with one attached hydrogen (secondary N) is 1. The van der Waals surface area contributed by atoms with Crippen LogP contribution in [0.3, 0.4) is 0 Å². The topological polar surface area (TPSA) is 38.3 Å². The first-order valence-electron chi connectivity index (χ1n) is 5.92. The fraction of sp³-hybridized carbons (Fsp3) is 0.133. The van der Waals surface area contributed by atoms with Gasteiger partial charge in [-0.05, 0) is 36.8 Å². The van der Waals surface area contributed by atoms with Crippen LogP contribution < -0.4 is 10.1 Å². The van der Waals surface area contributed by atoms with Crippen molar-refractivity contribution in [3.05, 3.63) is 58.4 Å². The Bertz CT molecular complexity index is 658. The van der Waals surface area contributed by atoms with Gasteiger partial charge in [0.1, 0.15) is 11.6 Å². The normalized spacial score (nSPS) is 10.2. The highest BCUT2D eigenvalue weighted by Gasteiger charge is 2.12. The highest BCUT2D eigenvalue weighted by molar-refractivity contribution is 6.31. The molecule has 0 aliphatic carbocycles. The Morgan fingerprint density at radius 3 is 2.70 bits per heavy atom. The summed E-state index contributed by atoms with van der Waals surface area (Å²) < 4.78 is 18.3. The highest BCUT2D eigenvalue weighted by atomic mass is 35.5. The molecule has 104 valence electrons. The Kier molecular flexibility index (Phi) is 4.25. The van der Waals surface area contributed by atoms with Crippen LogP contribution in [0.15, 0.2) is 36.4 Å². The molecule has 0 aromatic heterocycles. The standard InChI is InChI=1S/C15H13ClFNO2/c1-9-6-13(14(20-2)8-12(9)16)18-15(19)10-4-3-5-11(17)7-10/h3-8H,1-2H3,(H,18,19). The van der Waals surface area contributed by atoms with E-state index in [1.165, 1.54) is 31.4 Å². The zero-order valence-electron chi connectivity index (χ0n) is 11.0. The van der Waals surface area contributed by atoms with Crippen LogP contribution in [0.2, 0.25) is 5.02 Å². The first-order valence-corrected chi connectivity index (χ1v) is 6.30. The van der Waals surface area contributed by atoms with Crippen molar-refractivity contribution in [1.82, 2.24) is 0 Å². The number of anilines is 1. The summed E-state index contributed by atoms with van der Waals surface area (Å²) in [4.78, 5) is 12.1. The molecule has 2 aromatic rings. The smallest absolute Gasteiger partial charge is 0.255 e. The van der Waals surface area contributed by atoms with E-state index in [1.807, 2.05) is 6.92 Å². The minimum absolute atomic E-state index is 0.236. The molecule has 0 saturated heterocycles. The molecule has 0 bridgehead atoms. The van der Waals surface area contributed by atoms with Crippen molar-refractivity contribution in [1.29, 1.82) is 0 Å². The van der Waals surface area contributed by atoms with Crippen molar-refractivity contribution in [3.63, 3.8) is 0 Å². The molecular formula is C15H13ClFNO2. The molecule has 2 rings (SSSR count). The zero-order chi connectivity index (χ0) is 14.7. The van der Waals surface area contributed by atoms with Gasteiger partial charge in [0.25, 0.3) is 5.91 Å². The lowest BCUT2D eigenvalue weighted by molar-refractivity contribution is 0.102. The minimum atomic E-state index is -0.461. The van der Waals surface area contributed by atoms with Crippen LogP contribution >= 0.6 is 11.6 Å². The van der Waals surface area contributed by atoms with Crippen LogP contribution in [-0.2, 0) is 0 Å². The molecule has 1 amide bonds. The second kappa shape index (κ2) is 5.92. The predicted molar refractivity (Wildman–Crippen MR) is 77.1 cm³/mol. The van der Waals surface area contributed by atoms with Crippen molar-refractivity contribution in [2.24, 2.45) is 0 Å². The number of aryl methyl sites for hydroxylation is 1. The van der Waals surface area contributed by atoms with Gasteiger partial charge in [0.2, 0.25) is 0 Å². The number of ether oxygens (including phenoxy) is 1. The average molecular weight is 294 g/mol. The van der Waals surface area contributed by atoms with Crippen molar-refractivity contribution < 1.29 is 13.9 Å². The molecule has 0 radical (unpaired) electrons. The number of hydrogen-bond donors (Lipinski definition) is 1. The number of hydrogen-bond acceptors (Lipinski definition) is 2. The largest absolute Gasteiger partial charge is 0.495 e. The van der Waals surface area contributed by atoms with E-state index < -0.39 is 11.7 Å². The van der Waals surface area contributed by atoms with Crippen LogP contribution in [0.5, 0.6) is 5.75 Å². The predicted octanol–water partition coefficient (Wildman–Crippen LogP) is 4.05. The van der Waals surface area contributed by atoms with Gasteiger partial charge in [-0.25, -0.2) is 4.39 Å². The molecular weight excluding hydrogens is 281 g/mol. The molecule has 0 spiro atoms. The second-order valence-corrected chi connectivity index (χ2v) is 4.67. The third kappa shape index (κ3) is 3.08. The molecule has 0 heterocycles. The number of carbonyl (C=O) groups is 1. The van der Waals surface area contributed by atoms with Crippen molar-refractivity contribution in [3.8, 4) is 5.75 Å². The summed E-state index contributed by atoms with van der Waals surface area (Å²) >= 11 is 6.00. The summed E-state index contributed by atoms with van der Waals surface area (Å²) in [5, 5.41) is 3.23. The van der Waals surface area contributed by atoms with Gasteiger partial charge in [-0.2, -0.15) is 0 Å². The lowest BCUT2D eigenvalue weighted by atomic mass is 10.1. The third-order valence-electron chi connectivity index (χ3n) is 2.82. The number of amides is 1. The first kappa shape index (κ1) is 14.3. The molecule has 0 unspecified atom stereocenters. The first-order chi connectivity index (χ1) is 9.51. The van der Waals surface area contributed by atoms with Crippen LogP contribution in [0, 0.1) is 12.7 Å². The molecule has 0 saturated carbocycles. The van der Waals surface area contributed by atoms with Gasteiger partial charge in [0.15, 0.2) is 0 Å². The van der Waals surface area contributed by atoms with Gasteiger partial charge in [0, 0.05) is 16.7 Å². The molecule has 2 aromatic carbocycles. The fourth-order valence-corrected chi connectivity index (χ4v) is 1.91. The van der Waals surface area contributed by atoms with E-state index in [9.17, 15) is 9.18 Å². The summed E-state index contributed by atoms with van der Waals surface area (Å²) in [5.74, 6) is -0.424.